The molecule has 1 atom stereocenters. The third kappa shape index (κ3) is 4.44. The van der Waals surface area contributed by atoms with Gasteiger partial charge in [0, 0.05) is 11.9 Å². The summed E-state index contributed by atoms with van der Waals surface area (Å²) in [6.07, 6.45) is -0.581. The summed E-state index contributed by atoms with van der Waals surface area (Å²) in [7, 11) is 0. The summed E-state index contributed by atoms with van der Waals surface area (Å²) in [4.78, 5) is 3.75. The van der Waals surface area contributed by atoms with E-state index in [4.69, 9.17) is 0 Å². The van der Waals surface area contributed by atoms with Crippen LogP contribution in [0.5, 0.6) is 0 Å². The molecule has 0 spiro atoms. The van der Waals surface area contributed by atoms with Crippen LogP contribution in [0.3, 0.4) is 0 Å². The molecule has 1 fully saturated rings. The molecule has 0 saturated heterocycles. The zero-order valence-corrected chi connectivity index (χ0v) is 12.5. The molecular formula is C15H20F3N3. The largest absolute Gasteiger partial charge is 0.417 e. The van der Waals surface area contributed by atoms with Crippen molar-refractivity contribution >= 4 is 11.5 Å². The normalized spacial score (nSPS) is 24.1. The monoisotopic (exact) mass is 299 g/mol. The van der Waals surface area contributed by atoms with Gasteiger partial charge in [-0.1, -0.05) is 20.8 Å². The number of hydrogen-bond donors (Lipinski definition) is 1. The van der Waals surface area contributed by atoms with Gasteiger partial charge >= 0.3 is 6.18 Å². The molecular weight excluding hydrogens is 279 g/mol. The molecule has 1 saturated carbocycles. The standard InChI is InChI=1S/C15H20F3N3/c1-10-6-12(8-14(2,3)7-10)20-21-13-5-4-11(9-19-13)15(16,17)18/h4-5,9-10H,6-8H2,1-3H3,(H,19,21)/b20-12-/t10-/m1/s1. The number of nitrogens with one attached hydrogen (secondary N) is 1. The summed E-state index contributed by atoms with van der Waals surface area (Å²) in [5, 5.41) is 4.31. The summed E-state index contributed by atoms with van der Waals surface area (Å²) in [6.45, 7) is 6.59. The highest BCUT2D eigenvalue weighted by atomic mass is 19.4. The van der Waals surface area contributed by atoms with E-state index >= 15 is 0 Å². The van der Waals surface area contributed by atoms with Crippen LogP contribution in [0.2, 0.25) is 0 Å². The predicted octanol–water partition coefficient (Wildman–Crippen LogP) is 4.71. The highest BCUT2D eigenvalue weighted by molar-refractivity contribution is 5.86. The van der Waals surface area contributed by atoms with Gasteiger partial charge in [-0.25, -0.2) is 4.98 Å². The number of rotatable bonds is 2. The lowest BCUT2D eigenvalue weighted by molar-refractivity contribution is -0.137. The van der Waals surface area contributed by atoms with Gasteiger partial charge in [0.05, 0.1) is 5.56 Å². The van der Waals surface area contributed by atoms with Gasteiger partial charge in [0.15, 0.2) is 0 Å². The van der Waals surface area contributed by atoms with Crippen LogP contribution in [0.4, 0.5) is 19.0 Å². The van der Waals surface area contributed by atoms with Gasteiger partial charge in [-0.3, -0.25) is 5.43 Å². The number of pyridine rings is 1. The van der Waals surface area contributed by atoms with Crippen LogP contribution in [-0.4, -0.2) is 10.7 Å². The first-order valence-electron chi connectivity index (χ1n) is 7.00. The first kappa shape index (κ1) is 15.8. The molecule has 0 unspecified atom stereocenters. The second-order valence-corrected chi connectivity index (χ2v) is 6.57. The molecule has 0 aromatic carbocycles. The number of hydrogen-bond acceptors (Lipinski definition) is 3. The second-order valence-electron chi connectivity index (χ2n) is 6.57. The van der Waals surface area contributed by atoms with Crippen molar-refractivity contribution in [2.45, 2.75) is 46.2 Å². The van der Waals surface area contributed by atoms with E-state index in [1.807, 2.05) is 0 Å². The predicted molar refractivity (Wildman–Crippen MR) is 77.1 cm³/mol. The lowest BCUT2D eigenvalue weighted by atomic mass is 9.72. The third-order valence-corrected chi connectivity index (χ3v) is 3.59. The van der Waals surface area contributed by atoms with Crippen LogP contribution in [0.15, 0.2) is 23.4 Å². The van der Waals surface area contributed by atoms with Crippen molar-refractivity contribution in [3.63, 3.8) is 0 Å². The minimum absolute atomic E-state index is 0.214. The lowest BCUT2D eigenvalue weighted by Crippen LogP contribution is -2.28. The third-order valence-electron chi connectivity index (χ3n) is 3.59. The summed E-state index contributed by atoms with van der Waals surface area (Å²) in [5.41, 5.74) is 3.26. The van der Waals surface area contributed by atoms with Crippen molar-refractivity contribution in [3.8, 4) is 0 Å². The summed E-state index contributed by atoms with van der Waals surface area (Å²) in [6, 6.07) is 2.30. The first-order chi connectivity index (χ1) is 9.66. The molecule has 0 aliphatic heterocycles. The van der Waals surface area contributed by atoms with Gasteiger partial charge in [-0.15, -0.1) is 0 Å². The SMILES string of the molecule is C[C@@H]1C/C(=N/Nc2ccc(C(F)(F)F)cn2)CC(C)(C)C1. The highest BCUT2D eigenvalue weighted by Crippen LogP contribution is 2.37. The first-order valence-corrected chi connectivity index (χ1v) is 7.00. The van der Waals surface area contributed by atoms with Gasteiger partial charge in [0.25, 0.3) is 0 Å². The van der Waals surface area contributed by atoms with E-state index in [2.05, 4.69) is 36.3 Å². The number of alkyl halides is 3. The number of nitrogens with zero attached hydrogens (tertiary/aromatic N) is 2. The maximum atomic E-state index is 12.4. The van der Waals surface area contributed by atoms with Crippen molar-refractivity contribution < 1.29 is 13.2 Å². The van der Waals surface area contributed by atoms with E-state index in [-0.39, 0.29) is 5.41 Å². The molecule has 0 amide bonds. The molecule has 1 heterocycles. The van der Waals surface area contributed by atoms with Crippen molar-refractivity contribution in [1.29, 1.82) is 0 Å². The maximum absolute atomic E-state index is 12.4. The minimum Gasteiger partial charge on any atom is -0.261 e. The Hall–Kier alpha value is -1.59. The van der Waals surface area contributed by atoms with Crippen LogP contribution in [0.1, 0.15) is 45.6 Å². The van der Waals surface area contributed by atoms with Crippen molar-refractivity contribution in [3.05, 3.63) is 23.9 Å². The van der Waals surface area contributed by atoms with Crippen molar-refractivity contribution in [2.24, 2.45) is 16.4 Å². The summed E-state index contributed by atoms with van der Waals surface area (Å²) in [5.74, 6) is 0.890. The van der Waals surface area contributed by atoms with Gasteiger partial charge in [-0.05, 0) is 42.7 Å². The molecule has 3 nitrogen and oxygen atoms in total. The Morgan fingerprint density at radius 3 is 2.57 bits per heavy atom. The van der Waals surface area contributed by atoms with E-state index in [1.54, 1.807) is 0 Å². The molecule has 2 rings (SSSR count). The zero-order chi connectivity index (χ0) is 15.7. The fourth-order valence-corrected chi connectivity index (χ4v) is 2.96. The molecule has 1 aliphatic carbocycles. The molecule has 1 N–H and O–H groups in total. The summed E-state index contributed by atoms with van der Waals surface area (Å²) >= 11 is 0. The van der Waals surface area contributed by atoms with Gasteiger partial charge in [-0.2, -0.15) is 18.3 Å². The quantitative estimate of drug-likeness (QED) is 0.803. The molecule has 0 bridgehead atoms. The van der Waals surface area contributed by atoms with E-state index in [0.29, 0.717) is 11.7 Å². The maximum Gasteiger partial charge on any atom is 0.417 e. The van der Waals surface area contributed by atoms with Gasteiger partial charge in [0.1, 0.15) is 5.82 Å². The van der Waals surface area contributed by atoms with E-state index in [9.17, 15) is 13.2 Å². The average Bonchev–Trinajstić information content (AvgIpc) is 2.33. The van der Waals surface area contributed by atoms with Crippen LogP contribution in [0, 0.1) is 11.3 Å². The average molecular weight is 299 g/mol. The fourth-order valence-electron chi connectivity index (χ4n) is 2.96. The van der Waals surface area contributed by atoms with Crippen LogP contribution in [0.25, 0.3) is 0 Å². The fraction of sp³-hybridized carbons (Fsp3) is 0.600. The Kier molecular flexibility index (Phi) is 4.25. The molecule has 6 heteroatoms. The van der Waals surface area contributed by atoms with Crippen LogP contribution < -0.4 is 5.43 Å². The number of anilines is 1. The Balaban J connectivity index is 2.03. The van der Waals surface area contributed by atoms with Crippen LogP contribution in [-0.2, 0) is 6.18 Å². The minimum atomic E-state index is -4.36. The molecule has 116 valence electrons. The zero-order valence-electron chi connectivity index (χ0n) is 12.5. The molecule has 1 aliphatic rings. The highest BCUT2D eigenvalue weighted by Gasteiger charge is 2.31. The van der Waals surface area contributed by atoms with Crippen molar-refractivity contribution in [2.75, 3.05) is 5.43 Å². The van der Waals surface area contributed by atoms with Crippen molar-refractivity contribution in [1.82, 2.24) is 4.98 Å². The topological polar surface area (TPSA) is 37.3 Å². The van der Waals surface area contributed by atoms with E-state index in [0.717, 1.165) is 37.2 Å². The van der Waals surface area contributed by atoms with Gasteiger partial charge < -0.3 is 0 Å². The Morgan fingerprint density at radius 2 is 2.05 bits per heavy atom. The molecule has 1 aromatic rings. The Bertz CT molecular complexity index is 518. The Morgan fingerprint density at radius 1 is 1.33 bits per heavy atom. The lowest BCUT2D eigenvalue weighted by Gasteiger charge is -2.34. The number of halogens is 3. The Labute approximate surface area is 122 Å². The second kappa shape index (κ2) is 5.66. The smallest absolute Gasteiger partial charge is 0.261 e. The summed E-state index contributed by atoms with van der Waals surface area (Å²) < 4.78 is 37.3. The molecule has 0 radical (unpaired) electrons. The van der Waals surface area contributed by atoms with E-state index < -0.39 is 11.7 Å². The van der Waals surface area contributed by atoms with E-state index in [1.165, 1.54) is 6.07 Å². The van der Waals surface area contributed by atoms with Gasteiger partial charge in [0.2, 0.25) is 0 Å². The molecule has 1 aromatic heterocycles. The number of hydrazone groups is 1. The number of aromatic nitrogens is 1. The molecule has 21 heavy (non-hydrogen) atoms. The van der Waals surface area contributed by atoms with Crippen LogP contribution >= 0.6 is 0 Å².